The lowest BCUT2D eigenvalue weighted by Gasteiger charge is -2.08. The van der Waals surface area contributed by atoms with E-state index in [4.69, 9.17) is 0 Å². The van der Waals surface area contributed by atoms with Crippen LogP contribution in [0.15, 0.2) is 66.7 Å². The lowest BCUT2D eigenvalue weighted by Crippen LogP contribution is -1.95. The molecule has 0 unspecified atom stereocenters. The Morgan fingerprint density at radius 1 is 0.955 bits per heavy atom. The lowest BCUT2D eigenvalue weighted by atomic mass is 10.1. The van der Waals surface area contributed by atoms with Gasteiger partial charge in [0.25, 0.3) is 0 Å². The quantitative estimate of drug-likeness (QED) is 0.728. The Hall–Kier alpha value is -2.81. The number of nitrogens with one attached hydrogen (secondary N) is 1. The summed E-state index contributed by atoms with van der Waals surface area (Å²) < 4.78 is 0. The normalized spacial score (nSPS) is 10.4. The van der Waals surface area contributed by atoms with Crippen molar-refractivity contribution in [3.05, 3.63) is 72.3 Å². The van der Waals surface area contributed by atoms with Gasteiger partial charge in [-0.25, -0.2) is 4.98 Å². The van der Waals surface area contributed by atoms with Gasteiger partial charge in [0.2, 0.25) is 0 Å². The third-order valence-corrected chi connectivity index (χ3v) is 3.53. The van der Waals surface area contributed by atoms with Gasteiger partial charge in [-0.15, -0.1) is 0 Å². The fraction of sp³-hybridized carbons (Fsp3) is 0.105. The predicted molar refractivity (Wildman–Crippen MR) is 90.4 cm³/mol. The molecule has 0 fully saturated rings. The van der Waals surface area contributed by atoms with E-state index in [1.54, 1.807) is 12.1 Å². The number of benzene rings is 2. The van der Waals surface area contributed by atoms with E-state index >= 15 is 0 Å². The van der Waals surface area contributed by atoms with Gasteiger partial charge in [0.1, 0.15) is 11.6 Å². The summed E-state index contributed by atoms with van der Waals surface area (Å²) in [4.78, 5) is 4.60. The van der Waals surface area contributed by atoms with Gasteiger partial charge in [-0.2, -0.15) is 0 Å². The fourth-order valence-electron chi connectivity index (χ4n) is 2.30. The molecule has 2 N–H and O–H groups in total. The van der Waals surface area contributed by atoms with Crippen LogP contribution in [0.1, 0.15) is 12.5 Å². The van der Waals surface area contributed by atoms with Crippen LogP contribution in [-0.4, -0.2) is 10.1 Å². The van der Waals surface area contributed by atoms with Crippen LogP contribution in [-0.2, 0) is 6.42 Å². The smallest absolute Gasteiger partial charge is 0.131 e. The molecule has 3 heteroatoms. The van der Waals surface area contributed by atoms with Crippen LogP contribution in [0.3, 0.4) is 0 Å². The number of aromatic nitrogens is 1. The van der Waals surface area contributed by atoms with E-state index in [9.17, 15) is 5.11 Å². The van der Waals surface area contributed by atoms with Gasteiger partial charge in [-0.05, 0) is 48.4 Å². The molecule has 0 aliphatic carbocycles. The zero-order valence-electron chi connectivity index (χ0n) is 12.5. The minimum Gasteiger partial charge on any atom is -0.508 e. The fourth-order valence-corrected chi connectivity index (χ4v) is 2.30. The SMILES string of the molecule is CCc1ccc(Nc2cccc(-c3cccc(O)c3)n2)cc1. The number of aryl methyl sites for hydroxylation is 1. The Morgan fingerprint density at radius 3 is 2.45 bits per heavy atom. The average Bonchev–Trinajstić information content (AvgIpc) is 2.56. The molecule has 22 heavy (non-hydrogen) atoms. The van der Waals surface area contributed by atoms with Crippen molar-refractivity contribution >= 4 is 11.5 Å². The number of anilines is 2. The first-order chi connectivity index (χ1) is 10.7. The van der Waals surface area contributed by atoms with Gasteiger partial charge in [0.05, 0.1) is 5.69 Å². The second kappa shape index (κ2) is 6.31. The van der Waals surface area contributed by atoms with Crippen LogP contribution in [0, 0.1) is 0 Å². The zero-order valence-corrected chi connectivity index (χ0v) is 12.5. The Morgan fingerprint density at radius 2 is 1.73 bits per heavy atom. The van der Waals surface area contributed by atoms with E-state index in [1.165, 1.54) is 5.56 Å². The summed E-state index contributed by atoms with van der Waals surface area (Å²) in [6.07, 6.45) is 1.03. The molecule has 110 valence electrons. The first kappa shape index (κ1) is 14.1. The average molecular weight is 290 g/mol. The van der Waals surface area contributed by atoms with E-state index in [-0.39, 0.29) is 5.75 Å². The van der Waals surface area contributed by atoms with E-state index < -0.39 is 0 Å². The van der Waals surface area contributed by atoms with E-state index in [0.29, 0.717) is 0 Å². The molecule has 3 aromatic rings. The third-order valence-electron chi connectivity index (χ3n) is 3.53. The number of hydrogen-bond donors (Lipinski definition) is 2. The number of pyridine rings is 1. The molecule has 0 radical (unpaired) electrons. The molecule has 0 saturated carbocycles. The molecular formula is C19H18N2O. The zero-order chi connectivity index (χ0) is 15.4. The number of aromatic hydroxyl groups is 1. The second-order valence-electron chi connectivity index (χ2n) is 5.13. The Bertz CT molecular complexity index is 766. The summed E-state index contributed by atoms with van der Waals surface area (Å²) in [5.74, 6) is 1.03. The molecular weight excluding hydrogens is 272 g/mol. The lowest BCUT2D eigenvalue weighted by molar-refractivity contribution is 0.475. The van der Waals surface area contributed by atoms with Crippen LogP contribution in [0.2, 0.25) is 0 Å². The topological polar surface area (TPSA) is 45.1 Å². The van der Waals surface area contributed by atoms with Crippen molar-refractivity contribution in [2.75, 3.05) is 5.32 Å². The van der Waals surface area contributed by atoms with Crippen LogP contribution >= 0.6 is 0 Å². The Labute approximate surface area is 130 Å². The van der Waals surface area contributed by atoms with Crippen molar-refractivity contribution < 1.29 is 5.11 Å². The van der Waals surface area contributed by atoms with Crippen LogP contribution in [0.5, 0.6) is 5.75 Å². The number of phenols is 1. The maximum absolute atomic E-state index is 9.58. The summed E-state index contributed by atoms with van der Waals surface area (Å²) in [5, 5.41) is 12.9. The highest BCUT2D eigenvalue weighted by Gasteiger charge is 2.02. The van der Waals surface area contributed by atoms with Gasteiger partial charge in [-0.3, -0.25) is 0 Å². The predicted octanol–water partition coefficient (Wildman–Crippen LogP) is 4.76. The molecule has 0 amide bonds. The first-order valence-electron chi connectivity index (χ1n) is 7.37. The molecule has 3 rings (SSSR count). The number of phenolic OH excluding ortho intramolecular Hbond substituents is 1. The van der Waals surface area contributed by atoms with Gasteiger partial charge in [0.15, 0.2) is 0 Å². The first-order valence-corrected chi connectivity index (χ1v) is 7.37. The molecule has 0 atom stereocenters. The van der Waals surface area contributed by atoms with Crippen molar-refractivity contribution in [2.45, 2.75) is 13.3 Å². The number of hydrogen-bond acceptors (Lipinski definition) is 3. The van der Waals surface area contributed by atoms with E-state index in [2.05, 4.69) is 41.5 Å². The van der Waals surface area contributed by atoms with Gasteiger partial charge < -0.3 is 10.4 Å². The second-order valence-corrected chi connectivity index (χ2v) is 5.13. The van der Waals surface area contributed by atoms with E-state index in [1.807, 2.05) is 30.3 Å². The Balaban J connectivity index is 1.84. The third kappa shape index (κ3) is 3.26. The largest absolute Gasteiger partial charge is 0.508 e. The van der Waals surface area contributed by atoms with E-state index in [0.717, 1.165) is 29.2 Å². The molecule has 0 spiro atoms. The van der Waals surface area contributed by atoms with Gasteiger partial charge in [-0.1, -0.05) is 37.3 Å². The van der Waals surface area contributed by atoms with Crippen LogP contribution in [0.25, 0.3) is 11.3 Å². The van der Waals surface area contributed by atoms with Crippen LogP contribution in [0.4, 0.5) is 11.5 Å². The maximum Gasteiger partial charge on any atom is 0.131 e. The van der Waals surface area contributed by atoms with Crippen LogP contribution < -0.4 is 5.32 Å². The summed E-state index contributed by atoms with van der Waals surface area (Å²) in [5.41, 5.74) is 4.04. The summed E-state index contributed by atoms with van der Waals surface area (Å²) in [7, 11) is 0. The number of rotatable bonds is 4. The molecule has 3 nitrogen and oxygen atoms in total. The molecule has 1 heterocycles. The van der Waals surface area contributed by atoms with Crippen molar-refractivity contribution in [1.82, 2.24) is 4.98 Å². The summed E-state index contributed by atoms with van der Waals surface area (Å²) in [6, 6.07) is 21.3. The van der Waals surface area contributed by atoms with Crippen molar-refractivity contribution in [2.24, 2.45) is 0 Å². The highest BCUT2D eigenvalue weighted by Crippen LogP contribution is 2.24. The monoisotopic (exact) mass is 290 g/mol. The number of nitrogens with zero attached hydrogens (tertiary/aromatic N) is 1. The molecule has 0 saturated heterocycles. The summed E-state index contributed by atoms with van der Waals surface area (Å²) >= 11 is 0. The maximum atomic E-state index is 9.58. The highest BCUT2D eigenvalue weighted by molar-refractivity contribution is 5.65. The minimum absolute atomic E-state index is 0.243. The molecule has 0 aliphatic heterocycles. The van der Waals surface area contributed by atoms with Crippen molar-refractivity contribution in [3.63, 3.8) is 0 Å². The molecule has 0 aliphatic rings. The highest BCUT2D eigenvalue weighted by atomic mass is 16.3. The molecule has 1 aromatic heterocycles. The standard InChI is InChI=1S/C19H18N2O/c1-2-14-9-11-16(12-10-14)20-19-8-4-7-18(21-19)15-5-3-6-17(22)13-15/h3-13,22H,2H2,1H3,(H,20,21). The Kier molecular flexibility index (Phi) is 4.05. The summed E-state index contributed by atoms with van der Waals surface area (Å²) in [6.45, 7) is 2.14. The van der Waals surface area contributed by atoms with Crippen molar-refractivity contribution in [3.8, 4) is 17.0 Å². The minimum atomic E-state index is 0.243. The molecule has 0 bridgehead atoms. The van der Waals surface area contributed by atoms with Gasteiger partial charge >= 0.3 is 0 Å². The molecule has 2 aromatic carbocycles. The van der Waals surface area contributed by atoms with Crippen molar-refractivity contribution in [1.29, 1.82) is 0 Å². The van der Waals surface area contributed by atoms with Gasteiger partial charge in [0, 0.05) is 11.3 Å².